The van der Waals surface area contributed by atoms with Gasteiger partial charge in [0.2, 0.25) is 5.76 Å². The normalized spacial score (nSPS) is 14.6. The molecule has 1 atom stereocenters. The summed E-state index contributed by atoms with van der Waals surface area (Å²) >= 11 is 0. The first-order valence-electron chi connectivity index (χ1n) is 11.9. The molecule has 0 radical (unpaired) electrons. The van der Waals surface area contributed by atoms with Crippen LogP contribution in [0.15, 0.2) is 75.9 Å². The smallest absolute Gasteiger partial charge is 0.290 e. The second-order valence-corrected chi connectivity index (χ2v) is 9.00. The molecule has 1 aromatic heterocycles. The van der Waals surface area contributed by atoms with Gasteiger partial charge in [-0.15, -0.1) is 0 Å². The Morgan fingerprint density at radius 1 is 1.00 bits per heavy atom. The highest BCUT2D eigenvalue weighted by molar-refractivity contribution is 5.99. The molecule has 0 saturated carbocycles. The van der Waals surface area contributed by atoms with E-state index in [1.165, 1.54) is 0 Å². The fourth-order valence-electron chi connectivity index (χ4n) is 4.65. The Morgan fingerprint density at radius 3 is 2.38 bits per heavy atom. The van der Waals surface area contributed by atoms with E-state index in [4.69, 9.17) is 19.6 Å². The Labute approximate surface area is 213 Å². The summed E-state index contributed by atoms with van der Waals surface area (Å²) in [6.45, 7) is 2.03. The van der Waals surface area contributed by atoms with Crippen molar-refractivity contribution in [3.63, 3.8) is 0 Å². The monoisotopic (exact) mass is 498 g/mol. The SMILES string of the molecule is COc1ccc(CCN2C(=O)c3oc4ccc(C)cc4c(=O)c3C2c2ccc(OCC(N)=O)cc2)cc1. The fourth-order valence-corrected chi connectivity index (χ4v) is 4.65. The summed E-state index contributed by atoms with van der Waals surface area (Å²) in [7, 11) is 1.61. The van der Waals surface area contributed by atoms with Crippen LogP contribution in [0.25, 0.3) is 11.0 Å². The summed E-state index contributed by atoms with van der Waals surface area (Å²) in [6, 6.07) is 19.3. The van der Waals surface area contributed by atoms with Crippen molar-refractivity contribution < 1.29 is 23.5 Å². The number of hydrogen-bond acceptors (Lipinski definition) is 6. The van der Waals surface area contributed by atoms with Crippen LogP contribution in [0.1, 0.15) is 38.9 Å². The first-order valence-corrected chi connectivity index (χ1v) is 11.9. The number of fused-ring (bicyclic) bond motifs is 2. The molecular formula is C29H26N2O6. The molecule has 1 aliphatic rings. The molecule has 0 bridgehead atoms. The standard InChI is InChI=1S/C29H26N2O6/c1-17-3-12-23-22(15-17)27(33)25-26(19-6-10-21(11-7-19)36-16-24(30)32)31(29(34)28(25)37-23)14-13-18-4-8-20(35-2)9-5-18/h3-12,15,26H,13-14,16H2,1-2H3,(H2,30,32). The Morgan fingerprint density at radius 2 is 1.70 bits per heavy atom. The number of benzene rings is 3. The third-order valence-electron chi connectivity index (χ3n) is 6.50. The van der Waals surface area contributed by atoms with E-state index in [0.29, 0.717) is 35.2 Å². The zero-order chi connectivity index (χ0) is 26.1. The molecule has 0 aliphatic carbocycles. The number of methoxy groups -OCH3 is 1. The molecule has 188 valence electrons. The van der Waals surface area contributed by atoms with Crippen LogP contribution in [0.5, 0.6) is 11.5 Å². The minimum atomic E-state index is -0.632. The minimum absolute atomic E-state index is 0.0649. The highest BCUT2D eigenvalue weighted by Crippen LogP contribution is 2.38. The third-order valence-corrected chi connectivity index (χ3v) is 6.50. The second kappa shape index (κ2) is 9.81. The lowest BCUT2D eigenvalue weighted by Crippen LogP contribution is -2.31. The minimum Gasteiger partial charge on any atom is -0.497 e. The molecule has 5 rings (SSSR count). The number of aryl methyl sites for hydroxylation is 1. The van der Waals surface area contributed by atoms with Gasteiger partial charge in [0, 0.05) is 6.54 Å². The summed E-state index contributed by atoms with van der Waals surface area (Å²) in [6.07, 6.45) is 0.576. The largest absolute Gasteiger partial charge is 0.497 e. The van der Waals surface area contributed by atoms with Crippen molar-refractivity contribution in [2.24, 2.45) is 5.73 Å². The van der Waals surface area contributed by atoms with Crippen molar-refractivity contribution in [3.05, 3.63) is 105 Å². The van der Waals surface area contributed by atoms with E-state index in [0.717, 1.165) is 22.4 Å². The number of ether oxygens (including phenoxy) is 2. The van der Waals surface area contributed by atoms with E-state index >= 15 is 0 Å². The van der Waals surface area contributed by atoms with Crippen LogP contribution in [0.2, 0.25) is 0 Å². The number of primary amides is 1. The van der Waals surface area contributed by atoms with E-state index < -0.39 is 11.9 Å². The van der Waals surface area contributed by atoms with Gasteiger partial charge in [0.25, 0.3) is 11.8 Å². The zero-order valence-electron chi connectivity index (χ0n) is 20.5. The summed E-state index contributed by atoms with van der Waals surface area (Å²) in [4.78, 5) is 40.0. The van der Waals surface area contributed by atoms with E-state index in [9.17, 15) is 14.4 Å². The van der Waals surface area contributed by atoms with Gasteiger partial charge in [0.05, 0.1) is 24.1 Å². The number of rotatable bonds is 8. The van der Waals surface area contributed by atoms with Crippen LogP contribution in [0.4, 0.5) is 0 Å². The van der Waals surface area contributed by atoms with Crippen molar-refractivity contribution in [1.29, 1.82) is 0 Å². The van der Waals surface area contributed by atoms with E-state index in [1.54, 1.807) is 48.4 Å². The number of nitrogens with two attached hydrogens (primary N) is 1. The number of carbonyl (C=O) groups excluding carboxylic acids is 2. The first-order chi connectivity index (χ1) is 17.9. The van der Waals surface area contributed by atoms with Crippen LogP contribution in [-0.4, -0.2) is 37.0 Å². The van der Waals surface area contributed by atoms with Crippen LogP contribution in [0, 0.1) is 6.92 Å². The van der Waals surface area contributed by atoms with E-state index in [-0.39, 0.29) is 23.7 Å². The molecule has 0 saturated heterocycles. The summed E-state index contributed by atoms with van der Waals surface area (Å²) in [5.41, 5.74) is 8.33. The van der Waals surface area contributed by atoms with Crippen LogP contribution < -0.4 is 20.6 Å². The molecule has 4 aromatic rings. The molecule has 2 heterocycles. The van der Waals surface area contributed by atoms with E-state index in [1.807, 2.05) is 37.3 Å². The number of amides is 2. The Bertz CT molecular complexity index is 1540. The highest BCUT2D eigenvalue weighted by Gasteiger charge is 2.42. The Hall–Kier alpha value is -4.59. The van der Waals surface area contributed by atoms with E-state index in [2.05, 4.69) is 0 Å². The van der Waals surface area contributed by atoms with Crippen LogP contribution in [0.3, 0.4) is 0 Å². The summed E-state index contributed by atoms with van der Waals surface area (Å²) < 4.78 is 16.6. The van der Waals surface area contributed by atoms with Crippen LogP contribution >= 0.6 is 0 Å². The second-order valence-electron chi connectivity index (χ2n) is 9.00. The lowest BCUT2D eigenvalue weighted by atomic mass is 9.98. The number of carbonyl (C=O) groups is 2. The van der Waals surface area contributed by atoms with Crippen molar-refractivity contribution in [2.45, 2.75) is 19.4 Å². The lowest BCUT2D eigenvalue weighted by molar-refractivity contribution is -0.119. The zero-order valence-corrected chi connectivity index (χ0v) is 20.5. The topological polar surface area (TPSA) is 112 Å². The average Bonchev–Trinajstić information content (AvgIpc) is 3.18. The average molecular weight is 499 g/mol. The molecule has 1 unspecified atom stereocenters. The van der Waals surface area contributed by atoms with Crippen molar-refractivity contribution >= 4 is 22.8 Å². The van der Waals surface area contributed by atoms with Gasteiger partial charge in [0.1, 0.15) is 17.1 Å². The predicted molar refractivity (Wildman–Crippen MR) is 138 cm³/mol. The molecule has 2 N–H and O–H groups in total. The van der Waals surface area contributed by atoms with Crippen molar-refractivity contribution in [2.75, 3.05) is 20.3 Å². The third kappa shape index (κ3) is 4.65. The van der Waals surface area contributed by atoms with Gasteiger partial charge in [-0.3, -0.25) is 14.4 Å². The highest BCUT2D eigenvalue weighted by atomic mass is 16.5. The van der Waals surface area contributed by atoms with Gasteiger partial charge in [-0.25, -0.2) is 0 Å². The first kappa shape index (κ1) is 24.1. The molecule has 8 nitrogen and oxygen atoms in total. The van der Waals surface area contributed by atoms with Crippen molar-refractivity contribution in [1.82, 2.24) is 4.90 Å². The molecule has 37 heavy (non-hydrogen) atoms. The molecule has 8 heteroatoms. The summed E-state index contributed by atoms with van der Waals surface area (Å²) in [5, 5.41) is 0.440. The molecule has 3 aromatic carbocycles. The fraction of sp³-hybridized carbons (Fsp3) is 0.207. The van der Waals surface area contributed by atoms with Gasteiger partial charge >= 0.3 is 0 Å². The van der Waals surface area contributed by atoms with Gasteiger partial charge in [0.15, 0.2) is 12.0 Å². The van der Waals surface area contributed by atoms with Gasteiger partial charge in [-0.1, -0.05) is 35.9 Å². The quantitative estimate of drug-likeness (QED) is 0.396. The summed E-state index contributed by atoms with van der Waals surface area (Å²) in [5.74, 6) is 0.362. The van der Waals surface area contributed by atoms with Gasteiger partial charge < -0.3 is 24.5 Å². The molecular weight excluding hydrogens is 472 g/mol. The Kier molecular flexibility index (Phi) is 6.40. The van der Waals surface area contributed by atoms with Crippen LogP contribution in [-0.2, 0) is 11.2 Å². The molecule has 1 aliphatic heterocycles. The van der Waals surface area contributed by atoms with Gasteiger partial charge in [-0.05, 0) is 60.9 Å². The lowest BCUT2D eigenvalue weighted by Gasteiger charge is -2.25. The molecule has 2 amide bonds. The molecule has 0 fully saturated rings. The number of nitrogens with zero attached hydrogens (tertiary/aromatic N) is 1. The Balaban J connectivity index is 1.55. The van der Waals surface area contributed by atoms with Crippen molar-refractivity contribution in [3.8, 4) is 11.5 Å². The molecule has 0 spiro atoms. The number of hydrogen-bond donors (Lipinski definition) is 1. The maximum absolute atomic E-state index is 13.7. The van der Waals surface area contributed by atoms with Gasteiger partial charge in [-0.2, -0.15) is 0 Å². The maximum Gasteiger partial charge on any atom is 0.290 e. The predicted octanol–water partition coefficient (Wildman–Crippen LogP) is 3.76. The maximum atomic E-state index is 13.7.